The predicted molar refractivity (Wildman–Crippen MR) is 56.3 cm³/mol. The first-order valence-electron chi connectivity index (χ1n) is 5.15. The standard InChI is InChI=1S/C11H16ClN/c12-10-6-3-1-2-5-9(10)11-7-4-8-13-11/h4,7-10,13H,1-3,5-6H2. The van der Waals surface area contributed by atoms with Crippen LogP contribution in [0.1, 0.15) is 43.7 Å². The van der Waals surface area contributed by atoms with Gasteiger partial charge in [0, 0.05) is 23.2 Å². The summed E-state index contributed by atoms with van der Waals surface area (Å²) in [7, 11) is 0. The maximum atomic E-state index is 6.36. The van der Waals surface area contributed by atoms with Gasteiger partial charge in [-0.1, -0.05) is 19.3 Å². The van der Waals surface area contributed by atoms with Gasteiger partial charge in [0.15, 0.2) is 0 Å². The van der Waals surface area contributed by atoms with Crippen molar-refractivity contribution in [2.24, 2.45) is 0 Å². The monoisotopic (exact) mass is 197 g/mol. The third-order valence-corrected chi connectivity index (χ3v) is 3.48. The van der Waals surface area contributed by atoms with Crippen molar-refractivity contribution in [3.8, 4) is 0 Å². The number of halogens is 1. The van der Waals surface area contributed by atoms with Crippen LogP contribution in [0.4, 0.5) is 0 Å². The molecule has 0 aromatic carbocycles. The molecule has 1 aromatic rings. The number of alkyl halides is 1. The first kappa shape index (κ1) is 9.14. The normalized spacial score (nSPS) is 29.9. The molecule has 2 heteroatoms. The molecule has 1 fully saturated rings. The Balaban J connectivity index is 2.11. The number of rotatable bonds is 1. The summed E-state index contributed by atoms with van der Waals surface area (Å²) in [4.78, 5) is 3.28. The van der Waals surface area contributed by atoms with Crippen molar-refractivity contribution in [1.82, 2.24) is 4.98 Å². The van der Waals surface area contributed by atoms with E-state index in [1.54, 1.807) is 0 Å². The fraction of sp³-hybridized carbons (Fsp3) is 0.636. The van der Waals surface area contributed by atoms with E-state index in [4.69, 9.17) is 11.6 Å². The highest BCUT2D eigenvalue weighted by molar-refractivity contribution is 6.21. The highest BCUT2D eigenvalue weighted by Gasteiger charge is 2.23. The Morgan fingerprint density at radius 1 is 1.23 bits per heavy atom. The van der Waals surface area contributed by atoms with Crippen molar-refractivity contribution < 1.29 is 0 Å². The lowest BCUT2D eigenvalue weighted by Gasteiger charge is -2.17. The lowest BCUT2D eigenvalue weighted by atomic mass is 9.96. The summed E-state index contributed by atoms with van der Waals surface area (Å²) in [5, 5.41) is 0.334. The minimum atomic E-state index is 0.334. The van der Waals surface area contributed by atoms with Crippen LogP contribution in [0.3, 0.4) is 0 Å². The van der Waals surface area contributed by atoms with E-state index >= 15 is 0 Å². The Morgan fingerprint density at radius 2 is 2.08 bits per heavy atom. The first-order valence-corrected chi connectivity index (χ1v) is 5.59. The molecule has 0 aliphatic heterocycles. The molecule has 0 amide bonds. The van der Waals surface area contributed by atoms with E-state index in [1.165, 1.54) is 37.8 Å². The van der Waals surface area contributed by atoms with Crippen molar-refractivity contribution in [3.05, 3.63) is 24.0 Å². The van der Waals surface area contributed by atoms with E-state index in [2.05, 4.69) is 17.1 Å². The summed E-state index contributed by atoms with van der Waals surface area (Å²) in [6, 6.07) is 4.22. The molecule has 0 bridgehead atoms. The summed E-state index contributed by atoms with van der Waals surface area (Å²) in [5.41, 5.74) is 1.32. The Labute approximate surface area is 84.5 Å². The molecule has 0 spiro atoms. The lowest BCUT2D eigenvalue weighted by molar-refractivity contribution is 0.588. The van der Waals surface area contributed by atoms with Gasteiger partial charge in [0.25, 0.3) is 0 Å². The molecule has 1 nitrogen and oxygen atoms in total. The van der Waals surface area contributed by atoms with Gasteiger partial charge in [-0.3, -0.25) is 0 Å². The molecule has 1 heterocycles. The van der Waals surface area contributed by atoms with Gasteiger partial charge in [-0.05, 0) is 25.0 Å². The molecule has 72 valence electrons. The second-order valence-corrected chi connectivity index (χ2v) is 4.45. The minimum absolute atomic E-state index is 0.334. The largest absolute Gasteiger partial charge is 0.365 e. The van der Waals surface area contributed by atoms with Gasteiger partial charge in [0.05, 0.1) is 0 Å². The van der Waals surface area contributed by atoms with Gasteiger partial charge < -0.3 is 4.98 Å². The summed E-state index contributed by atoms with van der Waals surface area (Å²) in [6.45, 7) is 0. The molecule has 1 aromatic heterocycles. The van der Waals surface area contributed by atoms with E-state index in [1.807, 2.05) is 6.20 Å². The van der Waals surface area contributed by atoms with Crippen molar-refractivity contribution in [2.75, 3.05) is 0 Å². The highest BCUT2D eigenvalue weighted by Crippen LogP contribution is 2.34. The zero-order chi connectivity index (χ0) is 9.10. The third-order valence-electron chi connectivity index (χ3n) is 2.95. The molecular formula is C11H16ClN. The Bertz CT molecular complexity index is 243. The Hall–Kier alpha value is -0.430. The third kappa shape index (κ3) is 2.08. The van der Waals surface area contributed by atoms with Crippen LogP contribution in [0, 0.1) is 0 Å². The van der Waals surface area contributed by atoms with Gasteiger partial charge >= 0.3 is 0 Å². The fourth-order valence-electron chi connectivity index (χ4n) is 2.19. The van der Waals surface area contributed by atoms with Crippen molar-refractivity contribution in [2.45, 2.75) is 43.4 Å². The van der Waals surface area contributed by atoms with Crippen LogP contribution in [-0.4, -0.2) is 10.4 Å². The van der Waals surface area contributed by atoms with Crippen LogP contribution >= 0.6 is 11.6 Å². The van der Waals surface area contributed by atoms with Crippen LogP contribution in [0.25, 0.3) is 0 Å². The Morgan fingerprint density at radius 3 is 2.85 bits per heavy atom. The molecule has 1 saturated carbocycles. The summed E-state index contributed by atoms with van der Waals surface area (Å²) < 4.78 is 0. The summed E-state index contributed by atoms with van der Waals surface area (Å²) in [5.74, 6) is 0.555. The van der Waals surface area contributed by atoms with Crippen molar-refractivity contribution in [1.29, 1.82) is 0 Å². The number of aromatic amines is 1. The van der Waals surface area contributed by atoms with Gasteiger partial charge in [-0.2, -0.15) is 0 Å². The van der Waals surface area contributed by atoms with Crippen LogP contribution < -0.4 is 0 Å². The zero-order valence-corrected chi connectivity index (χ0v) is 8.56. The molecular weight excluding hydrogens is 182 g/mol. The predicted octanol–water partition coefficient (Wildman–Crippen LogP) is 3.67. The maximum absolute atomic E-state index is 6.36. The number of hydrogen-bond acceptors (Lipinski definition) is 0. The molecule has 2 unspecified atom stereocenters. The van der Waals surface area contributed by atoms with Crippen LogP contribution in [0.15, 0.2) is 18.3 Å². The number of hydrogen-bond donors (Lipinski definition) is 1. The van der Waals surface area contributed by atoms with E-state index in [-0.39, 0.29) is 0 Å². The number of nitrogens with one attached hydrogen (secondary N) is 1. The summed E-state index contributed by atoms with van der Waals surface area (Å²) in [6.07, 6.45) is 8.38. The fourth-order valence-corrected chi connectivity index (χ4v) is 2.60. The summed E-state index contributed by atoms with van der Waals surface area (Å²) >= 11 is 6.36. The molecule has 1 aliphatic carbocycles. The van der Waals surface area contributed by atoms with E-state index in [0.29, 0.717) is 11.3 Å². The molecule has 0 saturated heterocycles. The molecule has 1 N–H and O–H groups in total. The van der Waals surface area contributed by atoms with E-state index in [0.717, 1.165) is 0 Å². The zero-order valence-electron chi connectivity index (χ0n) is 7.80. The van der Waals surface area contributed by atoms with E-state index in [9.17, 15) is 0 Å². The maximum Gasteiger partial charge on any atom is 0.0418 e. The quantitative estimate of drug-likeness (QED) is 0.523. The van der Waals surface area contributed by atoms with Gasteiger partial charge in [0.2, 0.25) is 0 Å². The lowest BCUT2D eigenvalue weighted by Crippen LogP contribution is -2.11. The minimum Gasteiger partial charge on any atom is -0.365 e. The van der Waals surface area contributed by atoms with Gasteiger partial charge in [-0.15, -0.1) is 11.6 Å². The molecule has 13 heavy (non-hydrogen) atoms. The number of H-pyrrole nitrogens is 1. The van der Waals surface area contributed by atoms with Crippen LogP contribution in [0.2, 0.25) is 0 Å². The number of aromatic nitrogens is 1. The highest BCUT2D eigenvalue weighted by atomic mass is 35.5. The average molecular weight is 198 g/mol. The van der Waals surface area contributed by atoms with E-state index < -0.39 is 0 Å². The molecule has 2 atom stereocenters. The Kier molecular flexibility index (Phi) is 2.94. The second-order valence-electron chi connectivity index (χ2n) is 3.89. The molecule has 1 aliphatic rings. The van der Waals surface area contributed by atoms with Gasteiger partial charge in [0.1, 0.15) is 0 Å². The van der Waals surface area contributed by atoms with Crippen molar-refractivity contribution in [3.63, 3.8) is 0 Å². The van der Waals surface area contributed by atoms with Crippen LogP contribution in [-0.2, 0) is 0 Å². The topological polar surface area (TPSA) is 15.8 Å². The molecule has 0 radical (unpaired) electrons. The smallest absolute Gasteiger partial charge is 0.0418 e. The van der Waals surface area contributed by atoms with Crippen molar-refractivity contribution >= 4 is 11.6 Å². The van der Waals surface area contributed by atoms with Gasteiger partial charge in [-0.25, -0.2) is 0 Å². The molecule has 2 rings (SSSR count). The van der Waals surface area contributed by atoms with Crippen LogP contribution in [0.5, 0.6) is 0 Å². The first-order chi connectivity index (χ1) is 6.38. The second kappa shape index (κ2) is 4.19. The SMILES string of the molecule is ClC1CCCCCC1c1ccc[nH]1. The average Bonchev–Trinajstić information content (AvgIpc) is 2.56.